The van der Waals surface area contributed by atoms with E-state index in [0.717, 1.165) is 19.0 Å². The third-order valence-electron chi connectivity index (χ3n) is 5.20. The zero-order valence-corrected chi connectivity index (χ0v) is 17.7. The number of hydrogen-bond donors (Lipinski definition) is 2. The van der Waals surface area contributed by atoms with Gasteiger partial charge in [-0.3, -0.25) is 4.99 Å². The summed E-state index contributed by atoms with van der Waals surface area (Å²) in [5.41, 5.74) is 0.580. The lowest BCUT2D eigenvalue weighted by Crippen LogP contribution is -2.42. The zero-order valence-electron chi connectivity index (χ0n) is 15.4. The van der Waals surface area contributed by atoms with Crippen molar-refractivity contribution in [1.82, 2.24) is 15.1 Å². The minimum absolute atomic E-state index is 0. The van der Waals surface area contributed by atoms with Gasteiger partial charge in [-0.2, -0.15) is 0 Å². The summed E-state index contributed by atoms with van der Waals surface area (Å²) in [5.74, 6) is 1.18. The predicted octanol–water partition coefficient (Wildman–Crippen LogP) is 2.47. The summed E-state index contributed by atoms with van der Waals surface area (Å²) in [6.07, 6.45) is 3.09. The first-order chi connectivity index (χ1) is 12.2. The third kappa shape index (κ3) is 5.79. The van der Waals surface area contributed by atoms with Gasteiger partial charge in [0.15, 0.2) is 5.96 Å². The van der Waals surface area contributed by atoms with Crippen molar-refractivity contribution in [3.05, 3.63) is 35.6 Å². The Bertz CT molecular complexity index is 595. The van der Waals surface area contributed by atoms with Gasteiger partial charge in [-0.05, 0) is 56.0 Å². The summed E-state index contributed by atoms with van der Waals surface area (Å²) in [6, 6.07) is 6.11. The van der Waals surface area contributed by atoms with Crippen molar-refractivity contribution in [3.63, 3.8) is 0 Å². The van der Waals surface area contributed by atoms with Crippen LogP contribution in [0.15, 0.2) is 29.3 Å². The minimum Gasteiger partial charge on any atom is -0.387 e. The first kappa shape index (κ1) is 21.4. The van der Waals surface area contributed by atoms with Crippen LogP contribution in [0.1, 0.15) is 30.9 Å². The summed E-state index contributed by atoms with van der Waals surface area (Å²) in [4.78, 5) is 9.18. The lowest BCUT2D eigenvalue weighted by Gasteiger charge is -2.24. The van der Waals surface area contributed by atoms with E-state index in [1.165, 1.54) is 51.0 Å². The Morgan fingerprint density at radius 2 is 2.12 bits per heavy atom. The monoisotopic (exact) mass is 476 g/mol. The summed E-state index contributed by atoms with van der Waals surface area (Å²) >= 11 is 0. The van der Waals surface area contributed by atoms with Crippen molar-refractivity contribution < 1.29 is 9.50 Å². The molecule has 7 heteroatoms. The molecule has 1 aromatic carbocycles. The van der Waals surface area contributed by atoms with Crippen molar-refractivity contribution in [1.29, 1.82) is 0 Å². The first-order valence-corrected chi connectivity index (χ1v) is 9.27. The molecule has 2 atom stereocenters. The molecule has 2 aliphatic rings. The number of guanidine groups is 1. The highest BCUT2D eigenvalue weighted by Crippen LogP contribution is 2.20. The number of aliphatic hydroxyl groups is 1. The Morgan fingerprint density at radius 3 is 2.81 bits per heavy atom. The molecule has 2 fully saturated rings. The molecular formula is C19H30FIN4O. The average Bonchev–Trinajstić information content (AvgIpc) is 3.28. The van der Waals surface area contributed by atoms with E-state index in [1.807, 2.05) is 0 Å². The Hall–Kier alpha value is -0.930. The van der Waals surface area contributed by atoms with Crippen molar-refractivity contribution in [2.45, 2.75) is 25.4 Å². The fourth-order valence-electron chi connectivity index (χ4n) is 3.86. The molecule has 0 radical (unpaired) electrons. The molecule has 2 N–H and O–H groups in total. The van der Waals surface area contributed by atoms with Crippen LogP contribution in [0.2, 0.25) is 0 Å². The molecule has 2 unspecified atom stereocenters. The average molecular weight is 476 g/mol. The van der Waals surface area contributed by atoms with E-state index in [1.54, 1.807) is 19.2 Å². The van der Waals surface area contributed by atoms with E-state index in [9.17, 15) is 9.50 Å². The van der Waals surface area contributed by atoms with Gasteiger partial charge in [0.05, 0.1) is 6.10 Å². The molecule has 2 saturated heterocycles. The molecule has 0 spiro atoms. The molecule has 5 nitrogen and oxygen atoms in total. The molecule has 2 heterocycles. The van der Waals surface area contributed by atoms with E-state index in [-0.39, 0.29) is 29.8 Å². The normalized spacial score (nSPS) is 22.3. The molecule has 146 valence electrons. The third-order valence-corrected chi connectivity index (χ3v) is 5.20. The maximum Gasteiger partial charge on any atom is 0.193 e. The summed E-state index contributed by atoms with van der Waals surface area (Å²) in [7, 11) is 1.77. The number of halogens is 2. The number of hydrogen-bond acceptors (Lipinski definition) is 3. The van der Waals surface area contributed by atoms with Gasteiger partial charge in [-0.15, -0.1) is 24.0 Å². The van der Waals surface area contributed by atoms with Gasteiger partial charge in [0.25, 0.3) is 0 Å². The molecule has 2 aliphatic heterocycles. The maximum atomic E-state index is 13.3. The highest BCUT2D eigenvalue weighted by atomic mass is 127. The second kappa shape index (κ2) is 10.4. The smallest absolute Gasteiger partial charge is 0.193 e. The number of nitrogens with zero attached hydrogens (tertiary/aromatic N) is 3. The predicted molar refractivity (Wildman–Crippen MR) is 113 cm³/mol. The fourth-order valence-corrected chi connectivity index (χ4v) is 3.86. The molecule has 1 aromatic rings. The van der Waals surface area contributed by atoms with Crippen LogP contribution in [0.4, 0.5) is 4.39 Å². The van der Waals surface area contributed by atoms with Crippen molar-refractivity contribution in [3.8, 4) is 0 Å². The van der Waals surface area contributed by atoms with Crippen LogP contribution in [0.25, 0.3) is 0 Å². The van der Waals surface area contributed by atoms with Crippen LogP contribution >= 0.6 is 24.0 Å². The standard InChI is InChI=1S/C19H29FN4O.HI/c1-21-19(22-12-18(25)16-5-4-6-17(20)11-16)24-10-7-15(14-24)13-23-8-2-3-9-23;/h4-6,11,15,18,25H,2-3,7-10,12-14H2,1H3,(H,21,22);1H. The van der Waals surface area contributed by atoms with E-state index in [4.69, 9.17) is 0 Å². The highest BCUT2D eigenvalue weighted by molar-refractivity contribution is 14.0. The van der Waals surface area contributed by atoms with E-state index in [2.05, 4.69) is 20.1 Å². The Balaban J connectivity index is 0.00000243. The molecule has 0 aromatic heterocycles. The van der Waals surface area contributed by atoms with Gasteiger partial charge in [0.2, 0.25) is 0 Å². The van der Waals surface area contributed by atoms with Crippen LogP contribution in [0.3, 0.4) is 0 Å². The van der Waals surface area contributed by atoms with Crippen LogP contribution in [0, 0.1) is 11.7 Å². The largest absolute Gasteiger partial charge is 0.387 e. The quantitative estimate of drug-likeness (QED) is 0.390. The molecule has 0 amide bonds. The van der Waals surface area contributed by atoms with E-state index < -0.39 is 6.10 Å². The zero-order chi connectivity index (χ0) is 17.6. The fraction of sp³-hybridized carbons (Fsp3) is 0.632. The SMILES string of the molecule is CN=C(NCC(O)c1cccc(F)c1)N1CCC(CN2CCCC2)C1.I. The van der Waals surface area contributed by atoms with Gasteiger partial charge >= 0.3 is 0 Å². The number of benzene rings is 1. The van der Waals surface area contributed by atoms with Crippen LogP contribution in [-0.2, 0) is 0 Å². The number of aliphatic imine (C=N–C) groups is 1. The van der Waals surface area contributed by atoms with Gasteiger partial charge in [-0.25, -0.2) is 4.39 Å². The summed E-state index contributed by atoms with van der Waals surface area (Å²) < 4.78 is 13.3. The molecule has 0 bridgehead atoms. The van der Waals surface area contributed by atoms with Gasteiger partial charge in [-0.1, -0.05) is 12.1 Å². The molecule has 0 aliphatic carbocycles. The minimum atomic E-state index is -0.754. The second-order valence-electron chi connectivity index (χ2n) is 7.11. The lowest BCUT2D eigenvalue weighted by atomic mass is 10.1. The van der Waals surface area contributed by atoms with Crippen molar-refractivity contribution in [2.24, 2.45) is 10.9 Å². The van der Waals surface area contributed by atoms with Crippen molar-refractivity contribution in [2.75, 3.05) is 46.3 Å². The summed E-state index contributed by atoms with van der Waals surface area (Å²) in [6.45, 7) is 5.98. The van der Waals surface area contributed by atoms with Crippen LogP contribution in [-0.4, -0.2) is 67.2 Å². The second-order valence-corrected chi connectivity index (χ2v) is 7.11. The highest BCUT2D eigenvalue weighted by Gasteiger charge is 2.27. The first-order valence-electron chi connectivity index (χ1n) is 9.27. The Labute approximate surface area is 172 Å². The molecule has 26 heavy (non-hydrogen) atoms. The molecule has 3 rings (SSSR count). The van der Waals surface area contributed by atoms with Crippen LogP contribution in [0.5, 0.6) is 0 Å². The van der Waals surface area contributed by atoms with E-state index in [0.29, 0.717) is 18.0 Å². The Morgan fingerprint density at radius 1 is 1.35 bits per heavy atom. The number of likely N-dealkylation sites (tertiary alicyclic amines) is 2. The lowest BCUT2D eigenvalue weighted by molar-refractivity contribution is 0.179. The Kier molecular flexibility index (Phi) is 8.56. The van der Waals surface area contributed by atoms with Gasteiger partial charge < -0.3 is 20.2 Å². The van der Waals surface area contributed by atoms with Crippen LogP contribution < -0.4 is 5.32 Å². The molecular weight excluding hydrogens is 446 g/mol. The van der Waals surface area contributed by atoms with Crippen molar-refractivity contribution >= 4 is 29.9 Å². The number of nitrogens with one attached hydrogen (secondary N) is 1. The van der Waals surface area contributed by atoms with Gasteiger partial charge in [0.1, 0.15) is 5.82 Å². The number of aliphatic hydroxyl groups excluding tert-OH is 1. The molecule has 0 saturated carbocycles. The maximum absolute atomic E-state index is 13.3. The number of rotatable bonds is 5. The summed E-state index contributed by atoms with van der Waals surface area (Å²) in [5, 5.41) is 13.5. The topological polar surface area (TPSA) is 51.1 Å². The van der Waals surface area contributed by atoms with Gasteiger partial charge in [0, 0.05) is 33.2 Å². The van der Waals surface area contributed by atoms with E-state index >= 15 is 0 Å².